The second-order valence-corrected chi connectivity index (χ2v) is 14.4. The molecule has 7 heteroatoms. The van der Waals surface area contributed by atoms with Gasteiger partial charge < -0.3 is 9.97 Å². The topological polar surface area (TPSA) is 52.9 Å². The summed E-state index contributed by atoms with van der Waals surface area (Å²) < 4.78 is 0. The average molecular weight is 668 g/mol. The van der Waals surface area contributed by atoms with Gasteiger partial charge >= 0.3 is 36.7 Å². The molecule has 0 saturated carbocycles. The molecule has 0 unspecified atom stereocenters. The molecular weight excluding hydrogens is 630 g/mol. The van der Waals surface area contributed by atoms with Crippen LogP contribution in [0.25, 0.3) is 11.1 Å². The zero-order valence-electron chi connectivity index (χ0n) is 23.9. The maximum atomic E-state index is 5.25. The number of hydrogen-bond acceptors (Lipinski definition) is 2. The second-order valence-electron chi connectivity index (χ2n) is 10.2. The molecule has 0 spiro atoms. The quantitative estimate of drug-likeness (QED) is 0.289. The first kappa shape index (κ1) is 30.2. The van der Waals surface area contributed by atoms with Crippen molar-refractivity contribution in [2.75, 3.05) is 0 Å². The molecule has 0 radical (unpaired) electrons. The van der Waals surface area contributed by atoms with E-state index in [-0.39, 0.29) is 10.8 Å². The van der Waals surface area contributed by atoms with E-state index in [0.29, 0.717) is 0 Å². The molecule has 5 heterocycles. The third kappa shape index (κ3) is 5.22. The van der Waals surface area contributed by atoms with E-state index in [1.54, 1.807) is 0 Å². The SMILES string of the molecule is CC/C1=C2\C=CC(=N2)C(CC)(CC)C2=N/C(=C(/CC)c3ccc([n-]3)C(CC)(CC)c3ccc1[n-]3)C=C2.[Cl][Sn+2][Cl]. The van der Waals surface area contributed by atoms with Crippen LogP contribution < -0.4 is 9.97 Å². The van der Waals surface area contributed by atoms with Crippen LogP contribution in [0.5, 0.6) is 0 Å². The molecule has 0 atom stereocenters. The Balaban J connectivity index is 0.00000112. The van der Waals surface area contributed by atoms with Crippen molar-refractivity contribution in [3.05, 3.63) is 82.7 Å². The molecule has 0 fully saturated rings. The molecule has 0 N–H and O–H groups in total. The van der Waals surface area contributed by atoms with E-state index < -0.39 is 18.9 Å². The predicted octanol–water partition coefficient (Wildman–Crippen LogP) is 8.79. The van der Waals surface area contributed by atoms with Crippen molar-refractivity contribution in [2.24, 2.45) is 15.4 Å². The molecule has 0 amide bonds. The van der Waals surface area contributed by atoms with Crippen molar-refractivity contribution in [3.63, 3.8) is 0 Å². The zero-order chi connectivity index (χ0) is 28.2. The molecule has 204 valence electrons. The van der Waals surface area contributed by atoms with Crippen LogP contribution in [-0.4, -0.2) is 30.3 Å². The Morgan fingerprint density at radius 2 is 1.00 bits per heavy atom. The van der Waals surface area contributed by atoms with E-state index in [1.807, 2.05) is 0 Å². The summed E-state index contributed by atoms with van der Waals surface area (Å²) in [6.07, 6.45) is 14.4. The molecule has 39 heavy (non-hydrogen) atoms. The van der Waals surface area contributed by atoms with Crippen LogP contribution in [-0.2, 0) is 5.41 Å². The van der Waals surface area contributed by atoms with Crippen LogP contribution >= 0.6 is 17.8 Å². The van der Waals surface area contributed by atoms with Crippen LogP contribution in [0.2, 0.25) is 0 Å². The molecule has 0 aromatic carbocycles. The third-order valence-corrected chi connectivity index (χ3v) is 8.88. The van der Waals surface area contributed by atoms with E-state index in [9.17, 15) is 0 Å². The first-order chi connectivity index (χ1) is 18.9. The van der Waals surface area contributed by atoms with Gasteiger partial charge in [-0.3, -0.25) is 9.98 Å². The van der Waals surface area contributed by atoms with E-state index in [1.165, 1.54) is 11.1 Å². The van der Waals surface area contributed by atoms with Gasteiger partial charge in [0.15, 0.2) is 0 Å². The Labute approximate surface area is 251 Å². The molecule has 8 bridgehead atoms. The van der Waals surface area contributed by atoms with E-state index >= 15 is 0 Å². The fourth-order valence-electron chi connectivity index (χ4n) is 6.39. The molecule has 0 aliphatic carbocycles. The predicted molar refractivity (Wildman–Crippen MR) is 169 cm³/mol. The van der Waals surface area contributed by atoms with Crippen LogP contribution in [0.3, 0.4) is 0 Å². The van der Waals surface area contributed by atoms with Crippen LogP contribution in [0.4, 0.5) is 0 Å². The molecule has 0 saturated heterocycles. The number of nitrogens with zero attached hydrogens (tertiary/aromatic N) is 4. The van der Waals surface area contributed by atoms with Gasteiger partial charge in [0, 0.05) is 0 Å². The van der Waals surface area contributed by atoms with Gasteiger partial charge in [-0.05, 0) is 79.4 Å². The van der Waals surface area contributed by atoms with E-state index in [2.05, 4.69) is 90.1 Å². The van der Waals surface area contributed by atoms with Crippen molar-refractivity contribution in [1.82, 2.24) is 9.97 Å². The first-order valence-electron chi connectivity index (χ1n) is 14.2. The average Bonchev–Trinajstić information content (AvgIpc) is 3.77. The fraction of sp³-hybridized carbons (Fsp3) is 0.438. The van der Waals surface area contributed by atoms with Gasteiger partial charge in [0.1, 0.15) is 0 Å². The Kier molecular flexibility index (Phi) is 9.93. The van der Waals surface area contributed by atoms with Gasteiger partial charge in [0.25, 0.3) is 0 Å². The zero-order valence-corrected chi connectivity index (χ0v) is 28.3. The number of fused-ring (bicyclic) bond motifs is 6. The summed E-state index contributed by atoms with van der Waals surface area (Å²) in [5, 5.41) is 0. The summed E-state index contributed by atoms with van der Waals surface area (Å²) >= 11 is -0.826. The molecule has 2 aromatic rings. The van der Waals surface area contributed by atoms with Crippen molar-refractivity contribution in [2.45, 2.75) is 85.5 Å². The van der Waals surface area contributed by atoms with Crippen molar-refractivity contribution < 1.29 is 0 Å². The third-order valence-electron chi connectivity index (χ3n) is 8.88. The van der Waals surface area contributed by atoms with Gasteiger partial charge in [-0.25, -0.2) is 0 Å². The van der Waals surface area contributed by atoms with Gasteiger partial charge in [0.05, 0.1) is 28.2 Å². The van der Waals surface area contributed by atoms with Crippen molar-refractivity contribution in [3.8, 4) is 0 Å². The summed E-state index contributed by atoms with van der Waals surface area (Å²) in [5.41, 5.74) is 10.6. The summed E-state index contributed by atoms with van der Waals surface area (Å²) in [5.74, 6) is 0. The normalized spacial score (nSPS) is 22.3. The van der Waals surface area contributed by atoms with Crippen LogP contribution in [0.1, 0.15) is 103 Å². The van der Waals surface area contributed by atoms with Gasteiger partial charge in [-0.1, -0.05) is 65.8 Å². The number of aliphatic imine (C=N–C) groups is 2. The minimum absolute atomic E-state index is 0.208. The molecule has 2 aromatic heterocycles. The molecule has 3 aliphatic heterocycles. The number of allylic oxidation sites excluding steroid dienone is 6. The molecule has 5 rings (SSSR count). The van der Waals surface area contributed by atoms with E-state index in [0.717, 1.165) is 84.1 Å². The number of aromatic nitrogens is 2. The maximum absolute atomic E-state index is 5.25. The molecule has 3 aliphatic rings. The Bertz CT molecular complexity index is 1280. The Morgan fingerprint density at radius 1 is 0.615 bits per heavy atom. The summed E-state index contributed by atoms with van der Waals surface area (Å²) in [6, 6.07) is 8.80. The molecular formula is C32H38Cl2N4Sn. The van der Waals surface area contributed by atoms with Crippen LogP contribution in [0, 0.1) is 5.41 Å². The minimum atomic E-state index is -0.826. The molecule has 4 nitrogen and oxygen atoms in total. The van der Waals surface area contributed by atoms with Crippen LogP contribution in [0.15, 0.2) is 69.9 Å². The standard InChI is InChI=1S/C32H38N4.2ClH.Sn/c1-7-21-23-13-17-27(33-23)31(9-3,10-4)29-19-15-25(35-29)22(8-2)26-16-20-30(36-26)32(11-5,12-6)28-18-14-24(21)34-28;;;/h13-20H,7-12H2,1-6H3;2*1H;/q-2;;;+4/p-2/b23-21-,25-22-;;;. The Hall–Kier alpha value is -1.76. The van der Waals surface area contributed by atoms with Gasteiger partial charge in [-0.2, -0.15) is 11.4 Å². The van der Waals surface area contributed by atoms with Crippen molar-refractivity contribution >= 4 is 59.3 Å². The van der Waals surface area contributed by atoms with Crippen molar-refractivity contribution in [1.29, 1.82) is 0 Å². The summed E-state index contributed by atoms with van der Waals surface area (Å²) in [4.78, 5) is 21.0. The number of hydrogen-bond donors (Lipinski definition) is 0. The van der Waals surface area contributed by atoms with E-state index in [4.69, 9.17) is 37.8 Å². The first-order valence-corrected chi connectivity index (χ1v) is 21.4. The fourth-order valence-corrected chi connectivity index (χ4v) is 6.39. The van der Waals surface area contributed by atoms with Gasteiger partial charge in [-0.15, -0.1) is 11.4 Å². The second kappa shape index (κ2) is 12.8. The Morgan fingerprint density at radius 3 is 1.33 bits per heavy atom. The summed E-state index contributed by atoms with van der Waals surface area (Å²) in [7, 11) is 9.87. The monoisotopic (exact) mass is 668 g/mol. The number of rotatable bonds is 6. The van der Waals surface area contributed by atoms with Gasteiger partial charge in [0.2, 0.25) is 0 Å². The number of halogens is 2. The summed E-state index contributed by atoms with van der Waals surface area (Å²) in [6.45, 7) is 13.4.